The lowest BCUT2D eigenvalue weighted by atomic mass is 10.1. The van der Waals surface area contributed by atoms with Crippen molar-refractivity contribution in [2.75, 3.05) is 13.1 Å². The van der Waals surface area contributed by atoms with E-state index in [0.29, 0.717) is 12.5 Å². The molecule has 1 saturated heterocycles. The quantitative estimate of drug-likeness (QED) is 0.501. The number of nitrogens with zero attached hydrogens (tertiary/aromatic N) is 2. The van der Waals surface area contributed by atoms with Crippen LogP contribution in [0.2, 0.25) is 0 Å². The van der Waals surface area contributed by atoms with Crippen molar-refractivity contribution in [1.29, 1.82) is 0 Å². The molecule has 2 N–H and O–H groups in total. The number of halogens is 1. The Morgan fingerprint density at radius 2 is 2.00 bits per heavy atom. The molecule has 1 aliphatic rings. The molecule has 0 aliphatic carbocycles. The molecule has 4 heteroatoms. The maximum atomic E-state index is 6.01. The van der Waals surface area contributed by atoms with E-state index >= 15 is 0 Å². The van der Waals surface area contributed by atoms with Crippen LogP contribution in [0.25, 0.3) is 0 Å². The van der Waals surface area contributed by atoms with Crippen molar-refractivity contribution in [2.24, 2.45) is 10.7 Å². The van der Waals surface area contributed by atoms with Gasteiger partial charge in [-0.25, -0.2) is 4.99 Å². The molecule has 0 amide bonds. The second-order valence-electron chi connectivity index (χ2n) is 4.71. The van der Waals surface area contributed by atoms with Gasteiger partial charge in [0.1, 0.15) is 0 Å². The molecule has 0 saturated carbocycles. The summed E-state index contributed by atoms with van der Waals surface area (Å²) in [6.07, 6.45) is 3.79. The SMILES string of the molecule is Cc1cccc(CN=C(N)N2CCCCC2)c1.I. The molecule has 0 spiro atoms. The molecule has 1 fully saturated rings. The minimum Gasteiger partial charge on any atom is -0.370 e. The first-order valence-electron chi connectivity index (χ1n) is 6.36. The Morgan fingerprint density at radius 3 is 2.67 bits per heavy atom. The molecule has 100 valence electrons. The summed E-state index contributed by atoms with van der Waals surface area (Å²) in [5.41, 5.74) is 8.51. The summed E-state index contributed by atoms with van der Waals surface area (Å²) >= 11 is 0. The van der Waals surface area contributed by atoms with Gasteiger partial charge in [0.2, 0.25) is 0 Å². The molecular weight excluding hydrogens is 337 g/mol. The highest BCUT2D eigenvalue weighted by Crippen LogP contribution is 2.09. The molecule has 1 heterocycles. The van der Waals surface area contributed by atoms with Crippen molar-refractivity contribution in [3.8, 4) is 0 Å². The maximum absolute atomic E-state index is 6.01. The van der Waals surface area contributed by atoms with Gasteiger partial charge in [0.15, 0.2) is 5.96 Å². The van der Waals surface area contributed by atoms with Gasteiger partial charge in [-0.3, -0.25) is 0 Å². The largest absolute Gasteiger partial charge is 0.370 e. The van der Waals surface area contributed by atoms with Crippen LogP contribution in [0.3, 0.4) is 0 Å². The molecule has 0 atom stereocenters. The normalized spacial score (nSPS) is 16.3. The second kappa shape index (κ2) is 7.61. The fraction of sp³-hybridized carbons (Fsp3) is 0.500. The van der Waals surface area contributed by atoms with Crippen LogP contribution in [-0.2, 0) is 6.54 Å². The molecule has 0 radical (unpaired) electrons. The van der Waals surface area contributed by atoms with Crippen LogP contribution < -0.4 is 5.73 Å². The minimum atomic E-state index is 0. The number of guanidine groups is 1. The number of rotatable bonds is 2. The van der Waals surface area contributed by atoms with Crippen molar-refractivity contribution >= 4 is 29.9 Å². The highest BCUT2D eigenvalue weighted by atomic mass is 127. The third-order valence-corrected chi connectivity index (χ3v) is 3.19. The predicted octanol–water partition coefficient (Wildman–Crippen LogP) is 2.91. The Balaban J connectivity index is 0.00000162. The highest BCUT2D eigenvalue weighted by molar-refractivity contribution is 14.0. The van der Waals surface area contributed by atoms with Gasteiger partial charge in [0.05, 0.1) is 6.54 Å². The van der Waals surface area contributed by atoms with E-state index in [4.69, 9.17) is 5.73 Å². The predicted molar refractivity (Wildman–Crippen MR) is 87.3 cm³/mol. The number of hydrogen-bond acceptors (Lipinski definition) is 1. The van der Waals surface area contributed by atoms with Gasteiger partial charge in [0.25, 0.3) is 0 Å². The summed E-state index contributed by atoms with van der Waals surface area (Å²) in [5, 5.41) is 0. The summed E-state index contributed by atoms with van der Waals surface area (Å²) in [4.78, 5) is 6.67. The zero-order valence-electron chi connectivity index (χ0n) is 10.9. The van der Waals surface area contributed by atoms with Gasteiger partial charge in [0, 0.05) is 13.1 Å². The van der Waals surface area contributed by atoms with E-state index < -0.39 is 0 Å². The fourth-order valence-corrected chi connectivity index (χ4v) is 2.21. The van der Waals surface area contributed by atoms with Gasteiger partial charge < -0.3 is 10.6 Å². The number of hydrogen-bond donors (Lipinski definition) is 1. The molecule has 2 rings (SSSR count). The van der Waals surface area contributed by atoms with Crippen molar-refractivity contribution < 1.29 is 0 Å². The molecule has 0 unspecified atom stereocenters. The standard InChI is InChI=1S/C14H21N3.HI/c1-12-6-5-7-13(10-12)11-16-14(15)17-8-3-2-4-9-17;/h5-7,10H,2-4,8-9,11H2,1H3,(H2,15,16);1H. The lowest BCUT2D eigenvalue weighted by Gasteiger charge is -2.27. The van der Waals surface area contributed by atoms with Crippen molar-refractivity contribution in [3.63, 3.8) is 0 Å². The Labute approximate surface area is 126 Å². The van der Waals surface area contributed by atoms with Crippen LogP contribution in [0, 0.1) is 6.92 Å². The Hall–Kier alpha value is -0.780. The van der Waals surface area contributed by atoms with Gasteiger partial charge >= 0.3 is 0 Å². The van der Waals surface area contributed by atoms with E-state index in [2.05, 4.69) is 41.1 Å². The van der Waals surface area contributed by atoms with Crippen molar-refractivity contribution in [3.05, 3.63) is 35.4 Å². The van der Waals surface area contributed by atoms with Gasteiger partial charge in [-0.1, -0.05) is 29.8 Å². The van der Waals surface area contributed by atoms with E-state index in [1.165, 1.54) is 30.4 Å². The smallest absolute Gasteiger partial charge is 0.191 e. The lowest BCUT2D eigenvalue weighted by molar-refractivity contribution is 0.338. The Morgan fingerprint density at radius 1 is 1.28 bits per heavy atom. The Bertz CT molecular complexity index is 398. The fourth-order valence-electron chi connectivity index (χ4n) is 2.21. The maximum Gasteiger partial charge on any atom is 0.191 e. The first kappa shape index (κ1) is 15.3. The zero-order valence-corrected chi connectivity index (χ0v) is 13.3. The summed E-state index contributed by atoms with van der Waals surface area (Å²) in [6, 6.07) is 8.42. The molecule has 18 heavy (non-hydrogen) atoms. The average molecular weight is 359 g/mol. The second-order valence-corrected chi connectivity index (χ2v) is 4.71. The molecule has 0 aromatic heterocycles. The van der Waals surface area contributed by atoms with Crippen molar-refractivity contribution in [1.82, 2.24) is 4.90 Å². The summed E-state index contributed by atoms with van der Waals surface area (Å²) in [7, 11) is 0. The molecule has 3 nitrogen and oxygen atoms in total. The summed E-state index contributed by atoms with van der Waals surface area (Å²) in [6.45, 7) is 4.90. The molecular formula is C14H22IN3. The third-order valence-electron chi connectivity index (χ3n) is 3.19. The average Bonchev–Trinajstić information content (AvgIpc) is 2.37. The monoisotopic (exact) mass is 359 g/mol. The first-order chi connectivity index (χ1) is 8.25. The summed E-state index contributed by atoms with van der Waals surface area (Å²) < 4.78 is 0. The number of piperidine rings is 1. The van der Waals surface area contributed by atoms with Gasteiger partial charge in [-0.2, -0.15) is 0 Å². The van der Waals surface area contributed by atoms with E-state index in [1.54, 1.807) is 0 Å². The zero-order chi connectivity index (χ0) is 12.1. The van der Waals surface area contributed by atoms with E-state index in [1.807, 2.05) is 0 Å². The Kier molecular flexibility index (Phi) is 6.46. The molecule has 1 aliphatic heterocycles. The van der Waals surface area contributed by atoms with E-state index in [0.717, 1.165) is 13.1 Å². The number of likely N-dealkylation sites (tertiary alicyclic amines) is 1. The van der Waals surface area contributed by atoms with Crippen LogP contribution in [-0.4, -0.2) is 23.9 Å². The van der Waals surface area contributed by atoms with Crippen LogP contribution in [0.15, 0.2) is 29.3 Å². The third kappa shape index (κ3) is 4.48. The number of aryl methyl sites for hydroxylation is 1. The minimum absolute atomic E-state index is 0. The van der Waals surface area contributed by atoms with Gasteiger partial charge in [-0.15, -0.1) is 24.0 Å². The van der Waals surface area contributed by atoms with Gasteiger partial charge in [-0.05, 0) is 31.7 Å². The molecule has 1 aromatic carbocycles. The number of nitrogens with two attached hydrogens (primary N) is 1. The van der Waals surface area contributed by atoms with Crippen LogP contribution in [0.4, 0.5) is 0 Å². The van der Waals surface area contributed by atoms with Crippen molar-refractivity contribution in [2.45, 2.75) is 32.7 Å². The van der Waals surface area contributed by atoms with Crippen LogP contribution in [0.5, 0.6) is 0 Å². The topological polar surface area (TPSA) is 41.6 Å². The number of benzene rings is 1. The molecule has 0 bridgehead atoms. The number of aliphatic imine (C=N–C) groups is 1. The van der Waals surface area contributed by atoms with Crippen LogP contribution in [0.1, 0.15) is 30.4 Å². The van der Waals surface area contributed by atoms with E-state index in [-0.39, 0.29) is 24.0 Å². The van der Waals surface area contributed by atoms with E-state index in [9.17, 15) is 0 Å². The summed E-state index contributed by atoms with van der Waals surface area (Å²) in [5.74, 6) is 0.700. The lowest BCUT2D eigenvalue weighted by Crippen LogP contribution is -2.40. The highest BCUT2D eigenvalue weighted by Gasteiger charge is 2.11. The molecule has 1 aromatic rings. The van der Waals surface area contributed by atoms with Crippen LogP contribution >= 0.6 is 24.0 Å². The first-order valence-corrected chi connectivity index (χ1v) is 6.36.